The highest BCUT2D eigenvalue weighted by Crippen LogP contribution is 2.41. The van der Waals surface area contributed by atoms with Gasteiger partial charge in [0.15, 0.2) is 0 Å². The Morgan fingerprint density at radius 2 is 1.83 bits per heavy atom. The second-order valence-corrected chi connectivity index (χ2v) is 6.61. The van der Waals surface area contributed by atoms with Gasteiger partial charge in [0.25, 0.3) is 0 Å². The second-order valence-electron chi connectivity index (χ2n) is 6.61. The molecule has 0 fully saturated rings. The maximum atomic E-state index is 4.97. The molecule has 4 rings (SSSR count). The predicted octanol–water partition coefficient (Wildman–Crippen LogP) is 4.62. The Hall–Kier alpha value is -2.19. The molecular formula is C21H22N2. The molecule has 2 unspecified atom stereocenters. The third-order valence-corrected chi connectivity index (χ3v) is 4.90. The van der Waals surface area contributed by atoms with Gasteiger partial charge in [-0.25, -0.2) is 0 Å². The lowest BCUT2D eigenvalue weighted by Gasteiger charge is -2.13. The summed E-state index contributed by atoms with van der Waals surface area (Å²) in [4.78, 5) is 4.97. The zero-order valence-electron chi connectivity index (χ0n) is 13.5. The van der Waals surface area contributed by atoms with Crippen LogP contribution in [-0.2, 0) is 6.54 Å². The molecule has 0 spiro atoms. The Kier molecular flexibility index (Phi) is 3.84. The number of benzene rings is 2. The Labute approximate surface area is 137 Å². The highest BCUT2D eigenvalue weighted by molar-refractivity contribution is 5.80. The van der Waals surface area contributed by atoms with Gasteiger partial charge in [-0.15, -0.1) is 0 Å². The van der Waals surface area contributed by atoms with Crippen LogP contribution in [0.2, 0.25) is 0 Å². The smallest absolute Gasteiger partial charge is 0.0705 e. The largest absolute Gasteiger partial charge is 0.312 e. The van der Waals surface area contributed by atoms with Gasteiger partial charge in [0.05, 0.1) is 5.52 Å². The van der Waals surface area contributed by atoms with Gasteiger partial charge in [-0.05, 0) is 35.6 Å². The molecule has 1 heterocycles. The average molecular weight is 302 g/mol. The van der Waals surface area contributed by atoms with Crippen molar-refractivity contribution in [3.05, 3.63) is 77.5 Å². The molecule has 1 aliphatic rings. The standard InChI is InChI=1S/C21H22N2/c1-15-11-18(14-22-13-16-7-3-2-4-8-16)21-19(15)12-17-9-5-6-10-20(17)23-21/h2-10,12,15,18,22H,11,13-14H2,1H3. The first-order valence-electron chi connectivity index (χ1n) is 8.45. The number of pyridine rings is 1. The van der Waals surface area contributed by atoms with Crippen molar-refractivity contribution in [2.45, 2.75) is 31.7 Å². The Bertz CT molecular complexity index is 810. The van der Waals surface area contributed by atoms with E-state index in [4.69, 9.17) is 4.98 Å². The van der Waals surface area contributed by atoms with Crippen molar-refractivity contribution in [3.63, 3.8) is 0 Å². The molecule has 3 aromatic rings. The van der Waals surface area contributed by atoms with Crippen LogP contribution in [0.15, 0.2) is 60.7 Å². The summed E-state index contributed by atoms with van der Waals surface area (Å²) in [7, 11) is 0. The number of para-hydroxylation sites is 1. The Balaban J connectivity index is 1.52. The van der Waals surface area contributed by atoms with Crippen LogP contribution in [0.3, 0.4) is 0 Å². The van der Waals surface area contributed by atoms with Crippen LogP contribution in [0.5, 0.6) is 0 Å². The highest BCUT2D eigenvalue weighted by Gasteiger charge is 2.29. The van der Waals surface area contributed by atoms with E-state index < -0.39 is 0 Å². The van der Waals surface area contributed by atoms with E-state index in [1.165, 1.54) is 28.6 Å². The molecule has 0 saturated carbocycles. The lowest BCUT2D eigenvalue weighted by atomic mass is 10.0. The molecule has 0 saturated heterocycles. The first-order valence-corrected chi connectivity index (χ1v) is 8.45. The van der Waals surface area contributed by atoms with Gasteiger partial charge in [0.2, 0.25) is 0 Å². The number of aromatic nitrogens is 1. The molecule has 1 aromatic heterocycles. The number of fused-ring (bicyclic) bond motifs is 2. The third kappa shape index (κ3) is 2.87. The topological polar surface area (TPSA) is 24.9 Å². The monoisotopic (exact) mass is 302 g/mol. The zero-order chi connectivity index (χ0) is 15.6. The van der Waals surface area contributed by atoms with E-state index in [-0.39, 0.29) is 0 Å². The maximum Gasteiger partial charge on any atom is 0.0705 e. The van der Waals surface area contributed by atoms with Crippen LogP contribution in [0.1, 0.15) is 42.0 Å². The van der Waals surface area contributed by atoms with Crippen LogP contribution in [0.4, 0.5) is 0 Å². The molecule has 0 bridgehead atoms. The van der Waals surface area contributed by atoms with Crippen LogP contribution < -0.4 is 5.32 Å². The molecule has 2 heteroatoms. The molecule has 2 atom stereocenters. The van der Waals surface area contributed by atoms with Crippen molar-refractivity contribution in [2.24, 2.45) is 0 Å². The quantitative estimate of drug-likeness (QED) is 0.761. The van der Waals surface area contributed by atoms with Crippen molar-refractivity contribution < 1.29 is 0 Å². The van der Waals surface area contributed by atoms with Crippen LogP contribution >= 0.6 is 0 Å². The Morgan fingerprint density at radius 1 is 1.04 bits per heavy atom. The summed E-state index contributed by atoms with van der Waals surface area (Å²) in [6.45, 7) is 4.25. The van der Waals surface area contributed by atoms with Gasteiger partial charge in [-0.3, -0.25) is 4.98 Å². The van der Waals surface area contributed by atoms with Gasteiger partial charge in [0.1, 0.15) is 0 Å². The summed E-state index contributed by atoms with van der Waals surface area (Å²) in [5.41, 5.74) is 5.20. The lowest BCUT2D eigenvalue weighted by molar-refractivity contribution is 0.547. The molecule has 0 amide bonds. The molecule has 0 aliphatic heterocycles. The SMILES string of the molecule is CC1CC(CNCc2ccccc2)c2nc3ccccc3cc21. The van der Waals surface area contributed by atoms with E-state index in [9.17, 15) is 0 Å². The van der Waals surface area contributed by atoms with E-state index in [0.29, 0.717) is 11.8 Å². The molecule has 2 nitrogen and oxygen atoms in total. The minimum Gasteiger partial charge on any atom is -0.312 e. The lowest BCUT2D eigenvalue weighted by Crippen LogP contribution is -2.20. The summed E-state index contributed by atoms with van der Waals surface area (Å²) in [5, 5.41) is 4.87. The highest BCUT2D eigenvalue weighted by atomic mass is 14.9. The molecule has 2 aromatic carbocycles. The Morgan fingerprint density at radius 3 is 2.70 bits per heavy atom. The van der Waals surface area contributed by atoms with Gasteiger partial charge in [-0.2, -0.15) is 0 Å². The zero-order valence-corrected chi connectivity index (χ0v) is 13.5. The summed E-state index contributed by atoms with van der Waals surface area (Å²) < 4.78 is 0. The average Bonchev–Trinajstić information content (AvgIpc) is 2.89. The van der Waals surface area contributed by atoms with Crippen LogP contribution in [0, 0.1) is 0 Å². The second kappa shape index (κ2) is 6.13. The van der Waals surface area contributed by atoms with Crippen molar-refractivity contribution >= 4 is 10.9 Å². The van der Waals surface area contributed by atoms with Crippen molar-refractivity contribution in [1.29, 1.82) is 0 Å². The molecule has 23 heavy (non-hydrogen) atoms. The molecule has 0 radical (unpaired) electrons. The minimum absolute atomic E-state index is 0.522. The number of hydrogen-bond donors (Lipinski definition) is 1. The minimum atomic E-state index is 0.522. The summed E-state index contributed by atoms with van der Waals surface area (Å²) in [6, 6.07) is 21.4. The summed E-state index contributed by atoms with van der Waals surface area (Å²) in [5.74, 6) is 1.12. The van der Waals surface area contributed by atoms with Gasteiger partial charge >= 0.3 is 0 Å². The normalized spacial score (nSPS) is 19.9. The van der Waals surface area contributed by atoms with Crippen LogP contribution in [0.25, 0.3) is 10.9 Å². The molecule has 1 aliphatic carbocycles. The number of nitrogens with one attached hydrogen (secondary N) is 1. The van der Waals surface area contributed by atoms with Crippen molar-refractivity contribution in [3.8, 4) is 0 Å². The van der Waals surface area contributed by atoms with Crippen molar-refractivity contribution in [2.75, 3.05) is 6.54 Å². The molecule has 1 N–H and O–H groups in total. The summed E-state index contributed by atoms with van der Waals surface area (Å²) >= 11 is 0. The number of rotatable bonds is 4. The van der Waals surface area contributed by atoms with E-state index >= 15 is 0 Å². The fourth-order valence-corrected chi connectivity index (χ4v) is 3.70. The number of hydrogen-bond acceptors (Lipinski definition) is 2. The van der Waals surface area contributed by atoms with E-state index in [1.807, 2.05) is 0 Å². The van der Waals surface area contributed by atoms with E-state index in [2.05, 4.69) is 72.9 Å². The number of nitrogens with zero attached hydrogens (tertiary/aromatic N) is 1. The van der Waals surface area contributed by atoms with Gasteiger partial charge < -0.3 is 5.32 Å². The molecule has 116 valence electrons. The van der Waals surface area contributed by atoms with E-state index in [1.54, 1.807) is 0 Å². The van der Waals surface area contributed by atoms with E-state index in [0.717, 1.165) is 18.6 Å². The fourth-order valence-electron chi connectivity index (χ4n) is 3.70. The summed E-state index contributed by atoms with van der Waals surface area (Å²) in [6.07, 6.45) is 1.19. The first kappa shape index (κ1) is 14.4. The van der Waals surface area contributed by atoms with Gasteiger partial charge in [-0.1, -0.05) is 55.5 Å². The molecular weight excluding hydrogens is 280 g/mol. The third-order valence-electron chi connectivity index (χ3n) is 4.90. The van der Waals surface area contributed by atoms with Crippen LogP contribution in [-0.4, -0.2) is 11.5 Å². The van der Waals surface area contributed by atoms with Crippen molar-refractivity contribution in [1.82, 2.24) is 10.3 Å². The first-order chi connectivity index (χ1) is 11.3. The van der Waals surface area contributed by atoms with Gasteiger partial charge in [0, 0.05) is 30.1 Å². The predicted molar refractivity (Wildman–Crippen MR) is 95.7 cm³/mol. The maximum absolute atomic E-state index is 4.97. The fraction of sp³-hybridized carbons (Fsp3) is 0.286.